The molecular weight excluding hydrogens is 1020 g/mol. The van der Waals surface area contributed by atoms with Gasteiger partial charge in [-0.3, -0.25) is 33.6 Å². The Hall–Kier alpha value is -3.49. The van der Waals surface area contributed by atoms with Gasteiger partial charge in [-0.05, 0) is 38.4 Å². The summed E-state index contributed by atoms with van der Waals surface area (Å²) in [6.07, 6.45) is 8.39. The Bertz CT molecular complexity index is 1500. The van der Waals surface area contributed by atoms with Gasteiger partial charge in [-0.25, -0.2) is 4.79 Å². The number of thioether (sulfide) groups is 1. The molecule has 4 atom stereocenters. The monoisotopic (exact) mass is 1100 g/mol. The van der Waals surface area contributed by atoms with Gasteiger partial charge in [0.05, 0.1) is 57.4 Å². The van der Waals surface area contributed by atoms with E-state index in [1.807, 2.05) is 0 Å². The Morgan fingerprint density at radius 1 is 0.629 bits per heavy atom. The van der Waals surface area contributed by atoms with E-state index in [-0.39, 0.29) is 185 Å². The molecule has 70 heavy (non-hydrogen) atoms. The number of carbonyl (C=O) groups is 10. The molecule has 0 aliphatic heterocycles. The average Bonchev–Trinajstić information content (AvgIpc) is 3.30. The molecule has 401 valence electrons. The molecule has 0 fully saturated rings. The summed E-state index contributed by atoms with van der Waals surface area (Å²) < 4.78 is 21.3. The van der Waals surface area contributed by atoms with Gasteiger partial charge in [0.1, 0.15) is 37.1 Å². The standard InChI is InChI=1S/C42H71N4O17S.C3H7NO.Y/c1-31(35(49)25-32(26-47)41(56)57)29-64-30-39(53)44-17-16-43-37(51)27-63-24-22-61-20-18-45-38(52)28-62-23-21-60-19-10-11-33(48)14-15-34(42(58)59)46-36(50)12-8-6-4-2-3-5-7-9-13-40(54)55;1-3(4)2-5;/h31-32,34,47H,1-30H2,(H,43,51)(H,44,53)(H,45,52)(H,46,50)(H,54,55)(H,56,57)(H,58,59);2-3H,4H2,1H3;/q-1;;/t31-,32-,34-;3-;/m00./s1. The first kappa shape index (κ1) is 70.8. The maximum atomic E-state index is 12.3. The van der Waals surface area contributed by atoms with Crippen molar-refractivity contribution in [1.29, 1.82) is 0 Å². The van der Waals surface area contributed by atoms with Crippen molar-refractivity contribution in [2.24, 2.45) is 17.6 Å². The summed E-state index contributed by atoms with van der Waals surface area (Å²) in [5.74, 6) is -6.85. The number of carboxylic acid groups (broad SMARTS) is 3. The summed E-state index contributed by atoms with van der Waals surface area (Å²) in [4.78, 5) is 115. The summed E-state index contributed by atoms with van der Waals surface area (Å²) in [5, 5.41) is 46.4. The van der Waals surface area contributed by atoms with Crippen molar-refractivity contribution in [1.82, 2.24) is 21.3 Å². The molecule has 1 radical (unpaired) electrons. The average molecular weight is 1100 g/mol. The molecule has 0 aromatic carbocycles. The van der Waals surface area contributed by atoms with Crippen molar-refractivity contribution in [2.45, 2.75) is 115 Å². The van der Waals surface area contributed by atoms with E-state index in [0.29, 0.717) is 25.5 Å². The molecule has 23 nitrogen and oxygen atoms in total. The Morgan fingerprint density at radius 3 is 1.64 bits per heavy atom. The number of hydrogen-bond donors (Lipinski definition) is 9. The number of rotatable bonds is 46. The van der Waals surface area contributed by atoms with E-state index in [1.165, 1.54) is 0 Å². The third-order valence-electron chi connectivity index (χ3n) is 9.42. The van der Waals surface area contributed by atoms with E-state index >= 15 is 0 Å². The molecule has 0 saturated heterocycles. The summed E-state index contributed by atoms with van der Waals surface area (Å²) >= 11 is 1.16. The molecule has 4 amide bonds. The number of ether oxygens (including phenoxy) is 4. The SMILES string of the molecule is C[C@H](N)C=O.[CH2-][C@@H](CSCC(=O)NCCNC(=O)COCCOCCNC(=O)COCCOCCCC(=O)CC[C@H](NC(=O)CCCCCCCCCCC(=O)O)C(=O)O)C(=O)C[C@@H](CO)C(=O)O.[Y]. The van der Waals surface area contributed by atoms with Crippen molar-refractivity contribution >= 4 is 71.2 Å². The van der Waals surface area contributed by atoms with Crippen LogP contribution in [-0.4, -0.2) is 183 Å². The number of carbonyl (C=O) groups excluding carboxylic acids is 7. The van der Waals surface area contributed by atoms with Crippen molar-refractivity contribution in [3.63, 3.8) is 0 Å². The van der Waals surface area contributed by atoms with E-state index in [0.717, 1.165) is 50.3 Å². The second-order valence-electron chi connectivity index (χ2n) is 15.8. The van der Waals surface area contributed by atoms with Crippen LogP contribution in [-0.2, 0) is 99.6 Å². The van der Waals surface area contributed by atoms with Gasteiger partial charge in [-0.2, -0.15) is 11.8 Å². The van der Waals surface area contributed by atoms with Gasteiger partial charge in [0.2, 0.25) is 23.6 Å². The van der Waals surface area contributed by atoms with Gasteiger partial charge in [-0.15, -0.1) is 5.92 Å². The summed E-state index contributed by atoms with van der Waals surface area (Å²) in [7, 11) is 0. The maximum absolute atomic E-state index is 12.3. The zero-order valence-electron chi connectivity index (χ0n) is 40.7. The van der Waals surface area contributed by atoms with Crippen LogP contribution in [0.1, 0.15) is 103 Å². The van der Waals surface area contributed by atoms with Crippen LogP contribution < -0.4 is 27.0 Å². The number of Topliss-reactive ketones (excluding diaryl/α,β-unsaturated/α-hetero) is 2. The molecular formula is C45H78N5O18SY-. The molecule has 0 heterocycles. The fourth-order valence-corrected chi connectivity index (χ4v) is 6.44. The summed E-state index contributed by atoms with van der Waals surface area (Å²) in [5.41, 5.74) is 4.92. The zero-order valence-corrected chi connectivity index (χ0v) is 44.3. The first-order valence-corrected chi connectivity index (χ1v) is 24.4. The van der Waals surface area contributed by atoms with Gasteiger partial charge in [0.25, 0.3) is 0 Å². The minimum Gasteiger partial charge on any atom is -0.481 e. The Balaban J connectivity index is -0.00000708. The first-order valence-electron chi connectivity index (χ1n) is 23.3. The molecule has 0 saturated carbocycles. The molecule has 0 aromatic heterocycles. The fourth-order valence-electron chi connectivity index (χ4n) is 5.56. The number of carboxylic acids is 3. The van der Waals surface area contributed by atoms with E-state index in [1.54, 1.807) is 6.92 Å². The van der Waals surface area contributed by atoms with Gasteiger partial charge in [0.15, 0.2) is 0 Å². The number of nitrogens with one attached hydrogen (secondary N) is 4. The molecule has 0 bridgehead atoms. The predicted molar refractivity (Wildman–Crippen MR) is 253 cm³/mol. The molecule has 0 aliphatic rings. The van der Waals surface area contributed by atoms with Crippen LogP contribution in [0.25, 0.3) is 0 Å². The second-order valence-corrected chi connectivity index (χ2v) is 16.9. The van der Waals surface area contributed by atoms with Crippen LogP contribution in [0.4, 0.5) is 0 Å². The minimum absolute atomic E-state index is 0. The minimum atomic E-state index is -1.26. The van der Waals surface area contributed by atoms with Gasteiger partial charge >= 0.3 is 17.9 Å². The molecule has 25 heteroatoms. The first-order chi connectivity index (χ1) is 32.9. The van der Waals surface area contributed by atoms with Crippen LogP contribution in [0, 0.1) is 18.8 Å². The Morgan fingerprint density at radius 2 is 1.13 bits per heavy atom. The molecule has 0 aromatic rings. The van der Waals surface area contributed by atoms with E-state index < -0.39 is 54.1 Å². The number of hydrogen-bond acceptors (Lipinski definition) is 17. The van der Waals surface area contributed by atoms with Crippen LogP contribution >= 0.6 is 11.8 Å². The van der Waals surface area contributed by atoms with Crippen molar-refractivity contribution in [3.05, 3.63) is 6.92 Å². The number of aldehydes is 1. The van der Waals surface area contributed by atoms with E-state index in [2.05, 4.69) is 28.2 Å². The van der Waals surface area contributed by atoms with Crippen molar-refractivity contribution in [3.8, 4) is 0 Å². The number of amides is 4. The maximum Gasteiger partial charge on any atom is 0.326 e. The van der Waals surface area contributed by atoms with Crippen molar-refractivity contribution in [2.75, 3.05) is 90.6 Å². The third-order valence-corrected chi connectivity index (χ3v) is 10.5. The zero-order chi connectivity index (χ0) is 52.1. The number of nitrogens with two attached hydrogens (primary N) is 1. The smallest absolute Gasteiger partial charge is 0.326 e. The van der Waals surface area contributed by atoms with E-state index in [9.17, 15) is 53.1 Å². The van der Waals surface area contributed by atoms with Crippen LogP contribution in [0.5, 0.6) is 0 Å². The normalized spacial score (nSPS) is 12.3. The van der Waals surface area contributed by atoms with Gasteiger partial charge < -0.3 is 82.9 Å². The Labute approximate surface area is 440 Å². The Kier molecular flexibility index (Phi) is 49.6. The number of aliphatic hydroxyl groups is 1. The number of ketones is 2. The predicted octanol–water partition coefficient (Wildman–Crippen LogP) is 0.452. The van der Waals surface area contributed by atoms with Crippen molar-refractivity contribution < 1.29 is 120 Å². The van der Waals surface area contributed by atoms with Gasteiger partial charge in [0, 0.05) is 91.1 Å². The summed E-state index contributed by atoms with van der Waals surface area (Å²) in [6, 6.07) is -1.44. The van der Waals surface area contributed by atoms with E-state index in [4.69, 9.17) is 40.0 Å². The topological polar surface area (TPSA) is 363 Å². The van der Waals surface area contributed by atoms with Crippen LogP contribution in [0.2, 0.25) is 0 Å². The number of aliphatic carboxylic acids is 3. The largest absolute Gasteiger partial charge is 0.481 e. The molecule has 10 N–H and O–H groups in total. The molecule has 0 spiro atoms. The molecule has 0 aliphatic carbocycles. The summed E-state index contributed by atoms with van der Waals surface area (Å²) in [6.45, 7) is 5.98. The third kappa shape index (κ3) is 48.2. The number of aliphatic hydroxyl groups excluding tert-OH is 1. The van der Waals surface area contributed by atoms with Crippen LogP contribution in [0.3, 0.4) is 0 Å². The fraction of sp³-hybridized carbons (Fsp3) is 0.756. The second kappa shape index (κ2) is 49.1. The van der Waals surface area contributed by atoms with Crippen LogP contribution in [0.15, 0.2) is 0 Å². The quantitative estimate of drug-likeness (QED) is 0.0227. The number of unbranched alkanes of at least 4 members (excludes halogenated alkanes) is 7. The van der Waals surface area contributed by atoms with Gasteiger partial charge in [-0.1, -0.05) is 38.5 Å². The molecule has 0 unspecified atom stereocenters. The molecule has 0 rings (SSSR count).